The van der Waals surface area contributed by atoms with Gasteiger partial charge in [-0.3, -0.25) is 9.97 Å². The summed E-state index contributed by atoms with van der Waals surface area (Å²) in [6.07, 6.45) is 8.99. The van der Waals surface area contributed by atoms with Gasteiger partial charge >= 0.3 is 0 Å². The van der Waals surface area contributed by atoms with Crippen molar-refractivity contribution < 1.29 is 9.47 Å². The first-order valence-electron chi connectivity index (χ1n) is 9.07. The van der Waals surface area contributed by atoms with Crippen LogP contribution in [0.1, 0.15) is 36.9 Å². The minimum Gasteiger partial charge on any atom is -0.454 e. The Morgan fingerprint density at radius 3 is 2.72 bits per heavy atom. The maximum Gasteiger partial charge on any atom is 0.231 e. The molecule has 0 fully saturated rings. The monoisotopic (exact) mass is 332 g/mol. The molecule has 1 aromatic carbocycles. The van der Waals surface area contributed by atoms with E-state index in [1.807, 2.05) is 18.3 Å². The van der Waals surface area contributed by atoms with E-state index in [2.05, 4.69) is 23.2 Å². The first-order chi connectivity index (χ1) is 12.4. The highest BCUT2D eigenvalue weighted by atomic mass is 16.7. The van der Waals surface area contributed by atoms with Gasteiger partial charge in [-0.1, -0.05) is 18.9 Å². The Morgan fingerprint density at radius 2 is 1.76 bits per heavy atom. The summed E-state index contributed by atoms with van der Waals surface area (Å²) in [5.74, 6) is 1.64. The molecule has 0 bridgehead atoms. The predicted octanol–water partition coefficient (Wildman–Crippen LogP) is 4.68. The van der Waals surface area contributed by atoms with Crippen LogP contribution in [0, 0.1) is 0 Å². The average molecular weight is 332 g/mol. The Bertz CT molecular complexity index is 952. The molecule has 1 aliphatic heterocycles. The SMILES string of the molecule is c1cnc2c(-c3ccc4c(c3)OCO4)c3c(nc2c1)CCCCCC3. The third-order valence-corrected chi connectivity index (χ3v) is 5.18. The lowest BCUT2D eigenvalue weighted by Crippen LogP contribution is -2.06. The summed E-state index contributed by atoms with van der Waals surface area (Å²) < 4.78 is 11.1. The molecule has 0 unspecified atom stereocenters. The molecule has 0 saturated carbocycles. The molecule has 3 aromatic rings. The van der Waals surface area contributed by atoms with E-state index in [4.69, 9.17) is 14.5 Å². The van der Waals surface area contributed by atoms with Gasteiger partial charge in [0.05, 0.1) is 11.0 Å². The van der Waals surface area contributed by atoms with Gasteiger partial charge in [0, 0.05) is 17.5 Å². The van der Waals surface area contributed by atoms with Crippen LogP contribution < -0.4 is 9.47 Å². The fourth-order valence-corrected chi connectivity index (χ4v) is 3.97. The molecule has 5 rings (SSSR count). The maximum atomic E-state index is 5.60. The lowest BCUT2D eigenvalue weighted by atomic mass is 9.89. The standard InChI is InChI=1S/C21H20N2O2/c1-2-4-7-16-15(6-3-1)20(21-17(23-16)8-5-11-22-21)14-9-10-18-19(12-14)25-13-24-18/h5,8-12H,1-4,6-7,13H2. The number of fused-ring (bicyclic) bond motifs is 3. The molecule has 2 aromatic heterocycles. The van der Waals surface area contributed by atoms with Crippen LogP contribution in [0.15, 0.2) is 36.5 Å². The van der Waals surface area contributed by atoms with Crippen LogP contribution in [0.3, 0.4) is 0 Å². The average Bonchev–Trinajstić information content (AvgIpc) is 3.09. The zero-order valence-corrected chi connectivity index (χ0v) is 14.1. The van der Waals surface area contributed by atoms with Crippen molar-refractivity contribution >= 4 is 11.0 Å². The second-order valence-corrected chi connectivity index (χ2v) is 6.77. The molecule has 4 heteroatoms. The quantitative estimate of drug-likeness (QED) is 0.649. The van der Waals surface area contributed by atoms with E-state index in [0.29, 0.717) is 6.79 Å². The van der Waals surface area contributed by atoms with Crippen molar-refractivity contribution in [3.8, 4) is 22.6 Å². The Kier molecular flexibility index (Phi) is 3.54. The van der Waals surface area contributed by atoms with Crippen molar-refractivity contribution in [2.75, 3.05) is 6.79 Å². The fourth-order valence-electron chi connectivity index (χ4n) is 3.97. The number of rotatable bonds is 1. The van der Waals surface area contributed by atoms with E-state index < -0.39 is 0 Å². The van der Waals surface area contributed by atoms with Crippen molar-refractivity contribution in [3.63, 3.8) is 0 Å². The smallest absolute Gasteiger partial charge is 0.231 e. The van der Waals surface area contributed by atoms with Gasteiger partial charge in [-0.25, -0.2) is 0 Å². The number of hydrogen-bond donors (Lipinski definition) is 0. The van der Waals surface area contributed by atoms with Crippen LogP contribution in [-0.2, 0) is 12.8 Å². The molecule has 0 atom stereocenters. The van der Waals surface area contributed by atoms with E-state index >= 15 is 0 Å². The van der Waals surface area contributed by atoms with Crippen LogP contribution in [-0.4, -0.2) is 16.8 Å². The van der Waals surface area contributed by atoms with E-state index in [1.165, 1.54) is 42.5 Å². The minimum absolute atomic E-state index is 0.298. The van der Waals surface area contributed by atoms with Gasteiger partial charge < -0.3 is 9.47 Å². The molecule has 0 amide bonds. The van der Waals surface area contributed by atoms with Gasteiger partial charge in [-0.05, 0) is 61.1 Å². The number of aromatic nitrogens is 2. The largest absolute Gasteiger partial charge is 0.454 e. The molecule has 2 aliphatic rings. The third kappa shape index (κ3) is 2.53. The van der Waals surface area contributed by atoms with Crippen LogP contribution in [0.2, 0.25) is 0 Å². The molecule has 1 aliphatic carbocycles. The van der Waals surface area contributed by atoms with E-state index in [-0.39, 0.29) is 0 Å². The van der Waals surface area contributed by atoms with E-state index in [0.717, 1.165) is 40.9 Å². The summed E-state index contributed by atoms with van der Waals surface area (Å²) in [4.78, 5) is 9.64. The molecule has 0 spiro atoms. The van der Waals surface area contributed by atoms with Gasteiger partial charge in [0.1, 0.15) is 0 Å². The second kappa shape index (κ2) is 6.03. The molecular formula is C21H20N2O2. The van der Waals surface area contributed by atoms with E-state index in [9.17, 15) is 0 Å². The second-order valence-electron chi connectivity index (χ2n) is 6.77. The summed E-state index contributed by atoms with van der Waals surface area (Å²) in [6.45, 7) is 0.298. The minimum atomic E-state index is 0.298. The highest BCUT2D eigenvalue weighted by molar-refractivity contribution is 5.94. The Hall–Kier alpha value is -2.62. The Morgan fingerprint density at radius 1 is 0.880 bits per heavy atom. The predicted molar refractivity (Wildman–Crippen MR) is 97.0 cm³/mol. The molecule has 0 saturated heterocycles. The van der Waals surface area contributed by atoms with Crippen LogP contribution >= 0.6 is 0 Å². The first-order valence-corrected chi connectivity index (χ1v) is 9.07. The van der Waals surface area contributed by atoms with Gasteiger partial charge in [0.2, 0.25) is 6.79 Å². The normalized spacial score (nSPS) is 16.3. The van der Waals surface area contributed by atoms with E-state index in [1.54, 1.807) is 0 Å². The summed E-state index contributed by atoms with van der Waals surface area (Å²) in [7, 11) is 0. The number of benzene rings is 1. The number of nitrogens with zero attached hydrogens (tertiary/aromatic N) is 2. The summed E-state index contributed by atoms with van der Waals surface area (Å²) >= 11 is 0. The molecule has 126 valence electrons. The van der Waals surface area contributed by atoms with Gasteiger partial charge in [0.25, 0.3) is 0 Å². The molecule has 0 radical (unpaired) electrons. The lowest BCUT2D eigenvalue weighted by molar-refractivity contribution is 0.174. The van der Waals surface area contributed by atoms with Gasteiger partial charge in [0.15, 0.2) is 11.5 Å². The first kappa shape index (κ1) is 14.7. The molecule has 0 N–H and O–H groups in total. The maximum absolute atomic E-state index is 5.60. The highest BCUT2D eigenvalue weighted by Gasteiger charge is 2.21. The highest BCUT2D eigenvalue weighted by Crippen LogP contribution is 2.40. The third-order valence-electron chi connectivity index (χ3n) is 5.18. The van der Waals surface area contributed by atoms with Crippen LogP contribution in [0.5, 0.6) is 11.5 Å². The summed E-state index contributed by atoms with van der Waals surface area (Å²) in [5.41, 5.74) is 6.95. The summed E-state index contributed by atoms with van der Waals surface area (Å²) in [6, 6.07) is 10.2. The summed E-state index contributed by atoms with van der Waals surface area (Å²) in [5, 5.41) is 0. The van der Waals surface area contributed by atoms with Crippen molar-refractivity contribution in [1.29, 1.82) is 0 Å². The van der Waals surface area contributed by atoms with Crippen molar-refractivity contribution in [3.05, 3.63) is 47.8 Å². The van der Waals surface area contributed by atoms with Crippen molar-refractivity contribution in [2.24, 2.45) is 0 Å². The lowest BCUT2D eigenvalue weighted by Gasteiger charge is -2.19. The molecule has 3 heterocycles. The zero-order chi connectivity index (χ0) is 16.6. The number of aryl methyl sites for hydroxylation is 1. The van der Waals surface area contributed by atoms with Gasteiger partial charge in [-0.2, -0.15) is 0 Å². The topological polar surface area (TPSA) is 44.2 Å². The van der Waals surface area contributed by atoms with Crippen LogP contribution in [0.4, 0.5) is 0 Å². The number of ether oxygens (including phenoxy) is 2. The number of hydrogen-bond acceptors (Lipinski definition) is 4. The van der Waals surface area contributed by atoms with Crippen molar-refractivity contribution in [2.45, 2.75) is 38.5 Å². The van der Waals surface area contributed by atoms with Gasteiger partial charge in [-0.15, -0.1) is 0 Å². The Balaban J connectivity index is 1.78. The number of pyridine rings is 2. The molecule has 4 nitrogen and oxygen atoms in total. The van der Waals surface area contributed by atoms with Crippen LogP contribution in [0.25, 0.3) is 22.2 Å². The fraction of sp³-hybridized carbons (Fsp3) is 0.333. The molecular weight excluding hydrogens is 312 g/mol. The molecule has 25 heavy (non-hydrogen) atoms. The van der Waals surface area contributed by atoms with Crippen molar-refractivity contribution in [1.82, 2.24) is 9.97 Å². The Labute approximate surface area is 146 Å². The zero-order valence-electron chi connectivity index (χ0n) is 14.1.